The number of aromatic amines is 1. The maximum atomic E-state index is 13.3. The predicted molar refractivity (Wildman–Crippen MR) is 143 cm³/mol. The number of fused-ring (bicyclic) bond motifs is 1. The number of halogens is 1. The van der Waals surface area contributed by atoms with Gasteiger partial charge in [-0.15, -0.1) is 0 Å². The Kier molecular flexibility index (Phi) is 7.57. The van der Waals surface area contributed by atoms with Gasteiger partial charge >= 0.3 is 0 Å². The van der Waals surface area contributed by atoms with E-state index in [4.69, 9.17) is 11.6 Å². The molecular formula is C27H36ClN5O2. The van der Waals surface area contributed by atoms with Gasteiger partial charge in [-0.05, 0) is 84.3 Å². The van der Waals surface area contributed by atoms with Crippen LogP contribution in [-0.2, 0) is 6.54 Å². The molecule has 7 nitrogen and oxygen atoms in total. The van der Waals surface area contributed by atoms with Gasteiger partial charge in [0.1, 0.15) is 0 Å². The van der Waals surface area contributed by atoms with E-state index in [2.05, 4.69) is 41.2 Å². The number of carbonyl (C=O) groups excluding carboxylic acids is 1. The smallest absolute Gasteiger partial charge is 0.251 e. The van der Waals surface area contributed by atoms with Crippen LogP contribution in [0.5, 0.6) is 0 Å². The molecule has 0 unspecified atom stereocenters. The first-order chi connectivity index (χ1) is 16.7. The first kappa shape index (κ1) is 25.3. The van der Waals surface area contributed by atoms with E-state index in [-0.39, 0.29) is 17.9 Å². The third-order valence-corrected chi connectivity index (χ3v) is 7.79. The maximum Gasteiger partial charge on any atom is 0.251 e. The molecule has 1 aliphatic rings. The van der Waals surface area contributed by atoms with Gasteiger partial charge in [0.15, 0.2) is 5.43 Å². The number of nitrogens with zero attached hydrogens (tertiary/aromatic N) is 3. The SMILES string of the molecule is CCN(c1cc(Cl)cc(C(=O)NCc2c(C)n3[nH]ccc3cc2=O)c1C)[C@H]1CC[C@H](N(C)C)CC1. The zero-order valence-corrected chi connectivity index (χ0v) is 22.1. The summed E-state index contributed by atoms with van der Waals surface area (Å²) in [7, 11) is 4.31. The quantitative estimate of drug-likeness (QED) is 0.503. The summed E-state index contributed by atoms with van der Waals surface area (Å²) in [5.74, 6) is -0.228. The van der Waals surface area contributed by atoms with Gasteiger partial charge in [-0.1, -0.05) is 11.6 Å². The van der Waals surface area contributed by atoms with E-state index < -0.39 is 0 Å². The molecule has 2 N–H and O–H groups in total. The number of H-pyrrole nitrogens is 1. The van der Waals surface area contributed by atoms with Crippen LogP contribution in [0.4, 0.5) is 5.69 Å². The molecule has 4 rings (SSSR count). The molecule has 1 aromatic carbocycles. The van der Waals surface area contributed by atoms with Crippen LogP contribution in [0, 0.1) is 13.8 Å². The third-order valence-electron chi connectivity index (χ3n) is 7.57. The van der Waals surface area contributed by atoms with Crippen molar-refractivity contribution in [1.82, 2.24) is 19.8 Å². The van der Waals surface area contributed by atoms with Crippen molar-refractivity contribution in [3.63, 3.8) is 0 Å². The van der Waals surface area contributed by atoms with Crippen LogP contribution in [0.15, 0.2) is 35.3 Å². The molecule has 8 heteroatoms. The third kappa shape index (κ3) is 5.11. The maximum absolute atomic E-state index is 13.3. The van der Waals surface area contributed by atoms with Gasteiger partial charge in [0.2, 0.25) is 0 Å². The number of amides is 1. The molecule has 0 aliphatic heterocycles. The van der Waals surface area contributed by atoms with Crippen molar-refractivity contribution in [2.24, 2.45) is 0 Å². The highest BCUT2D eigenvalue weighted by atomic mass is 35.5. The Morgan fingerprint density at radius 1 is 1.14 bits per heavy atom. The average Bonchev–Trinajstić information content (AvgIpc) is 3.30. The summed E-state index contributed by atoms with van der Waals surface area (Å²) < 4.78 is 1.84. The monoisotopic (exact) mass is 497 g/mol. The summed E-state index contributed by atoms with van der Waals surface area (Å²) in [5, 5.41) is 6.59. The lowest BCUT2D eigenvalue weighted by atomic mass is 9.89. The minimum Gasteiger partial charge on any atom is -0.369 e. The summed E-state index contributed by atoms with van der Waals surface area (Å²) in [5.41, 5.74) is 4.54. The van der Waals surface area contributed by atoms with Crippen LogP contribution >= 0.6 is 11.6 Å². The summed E-state index contributed by atoms with van der Waals surface area (Å²) in [6, 6.07) is 8.19. The number of hydrogen-bond acceptors (Lipinski definition) is 4. The Balaban J connectivity index is 1.55. The number of carbonyl (C=O) groups is 1. The Hall–Kier alpha value is -2.77. The number of hydrogen-bond donors (Lipinski definition) is 2. The van der Waals surface area contributed by atoms with E-state index in [1.54, 1.807) is 18.3 Å². The Morgan fingerprint density at radius 3 is 2.49 bits per heavy atom. The molecule has 3 aromatic rings. The van der Waals surface area contributed by atoms with Gasteiger partial charge in [-0.3, -0.25) is 14.1 Å². The van der Waals surface area contributed by atoms with Crippen LogP contribution in [0.1, 0.15) is 59.8 Å². The number of pyridine rings is 1. The van der Waals surface area contributed by atoms with E-state index in [9.17, 15) is 9.59 Å². The lowest BCUT2D eigenvalue weighted by molar-refractivity contribution is 0.0950. The molecule has 0 saturated heterocycles. The highest BCUT2D eigenvalue weighted by molar-refractivity contribution is 6.31. The lowest BCUT2D eigenvalue weighted by Gasteiger charge is -2.40. The molecule has 2 heterocycles. The second kappa shape index (κ2) is 10.5. The fraction of sp³-hybridized carbons (Fsp3) is 0.481. The van der Waals surface area contributed by atoms with Gasteiger partial charge in [0.05, 0.1) is 5.52 Å². The molecule has 1 amide bonds. The van der Waals surface area contributed by atoms with Gasteiger partial charge in [0, 0.05) is 65.0 Å². The Bertz CT molecular complexity index is 1270. The van der Waals surface area contributed by atoms with Crippen molar-refractivity contribution < 1.29 is 4.79 Å². The first-order valence-electron chi connectivity index (χ1n) is 12.4. The number of aromatic nitrogens is 2. The van der Waals surface area contributed by atoms with Gasteiger partial charge in [-0.2, -0.15) is 0 Å². The topological polar surface area (TPSA) is 72.8 Å². The molecule has 0 bridgehead atoms. The van der Waals surface area contributed by atoms with E-state index in [1.807, 2.05) is 30.5 Å². The van der Waals surface area contributed by atoms with Crippen LogP contribution in [-0.4, -0.2) is 53.1 Å². The van der Waals surface area contributed by atoms with Gasteiger partial charge < -0.3 is 20.2 Å². The second-order valence-corrected chi connectivity index (χ2v) is 10.2. The fourth-order valence-electron chi connectivity index (χ4n) is 5.47. The lowest BCUT2D eigenvalue weighted by Crippen LogP contribution is -2.42. The van der Waals surface area contributed by atoms with Crippen molar-refractivity contribution in [3.8, 4) is 0 Å². The van der Waals surface area contributed by atoms with Crippen molar-refractivity contribution in [2.45, 2.75) is 65.1 Å². The average molecular weight is 498 g/mol. The predicted octanol–water partition coefficient (Wildman–Crippen LogP) is 4.53. The van der Waals surface area contributed by atoms with Crippen LogP contribution in [0.25, 0.3) is 5.52 Å². The number of rotatable bonds is 7. The van der Waals surface area contributed by atoms with Crippen LogP contribution in [0.3, 0.4) is 0 Å². The first-order valence-corrected chi connectivity index (χ1v) is 12.8. The van der Waals surface area contributed by atoms with E-state index in [1.165, 1.54) is 12.8 Å². The number of benzene rings is 1. The summed E-state index contributed by atoms with van der Waals surface area (Å²) in [6.45, 7) is 7.02. The standard InChI is InChI=1S/C27H36ClN5O2/c1-6-32(21-9-7-20(8-10-21)31(4)5)25-14-19(28)13-23(17(25)2)27(35)29-16-24-18(3)33-22(11-12-30-33)15-26(24)34/h11-15,20-21,30H,6-10,16H2,1-5H3,(H,29,35)/t20-,21-. The summed E-state index contributed by atoms with van der Waals surface area (Å²) in [6.07, 6.45) is 6.36. The molecule has 1 aliphatic carbocycles. The minimum atomic E-state index is -0.228. The Morgan fingerprint density at radius 2 is 1.83 bits per heavy atom. The number of nitrogens with one attached hydrogen (secondary N) is 2. The van der Waals surface area contributed by atoms with E-state index in [0.29, 0.717) is 28.2 Å². The zero-order chi connectivity index (χ0) is 25.3. The molecule has 1 saturated carbocycles. The highest BCUT2D eigenvalue weighted by Gasteiger charge is 2.28. The normalized spacial score (nSPS) is 18.3. The molecule has 35 heavy (non-hydrogen) atoms. The minimum absolute atomic E-state index is 0.0867. The van der Waals surface area contributed by atoms with E-state index >= 15 is 0 Å². The molecule has 1 fully saturated rings. The molecule has 0 spiro atoms. The van der Waals surface area contributed by atoms with Crippen molar-refractivity contribution >= 4 is 28.7 Å². The zero-order valence-electron chi connectivity index (χ0n) is 21.3. The fourth-order valence-corrected chi connectivity index (χ4v) is 5.69. The van der Waals surface area contributed by atoms with Gasteiger partial charge in [0.25, 0.3) is 5.91 Å². The molecule has 0 atom stereocenters. The van der Waals surface area contributed by atoms with E-state index in [0.717, 1.165) is 41.8 Å². The highest BCUT2D eigenvalue weighted by Crippen LogP contribution is 2.34. The van der Waals surface area contributed by atoms with Crippen LogP contribution < -0.4 is 15.6 Å². The molecular weight excluding hydrogens is 462 g/mol. The van der Waals surface area contributed by atoms with Crippen LogP contribution in [0.2, 0.25) is 5.02 Å². The van der Waals surface area contributed by atoms with Crippen molar-refractivity contribution in [2.75, 3.05) is 25.5 Å². The van der Waals surface area contributed by atoms with Crippen molar-refractivity contribution in [3.05, 3.63) is 68.1 Å². The summed E-state index contributed by atoms with van der Waals surface area (Å²) in [4.78, 5) is 30.6. The molecule has 2 aromatic heterocycles. The summed E-state index contributed by atoms with van der Waals surface area (Å²) >= 11 is 6.52. The second-order valence-electron chi connectivity index (χ2n) is 9.79. The molecule has 0 radical (unpaired) electrons. The number of anilines is 1. The molecule has 188 valence electrons. The largest absolute Gasteiger partial charge is 0.369 e. The van der Waals surface area contributed by atoms with Gasteiger partial charge in [-0.25, -0.2) is 0 Å². The number of aryl methyl sites for hydroxylation is 1. The van der Waals surface area contributed by atoms with Crippen molar-refractivity contribution in [1.29, 1.82) is 0 Å². The Labute approximate surface area is 212 Å².